The summed E-state index contributed by atoms with van der Waals surface area (Å²) in [7, 11) is 0. The van der Waals surface area contributed by atoms with Gasteiger partial charge in [0.1, 0.15) is 0 Å². The van der Waals surface area contributed by atoms with Crippen molar-refractivity contribution < 1.29 is 4.92 Å². The fourth-order valence-electron chi connectivity index (χ4n) is 1.92. The quantitative estimate of drug-likeness (QED) is 0.590. The van der Waals surface area contributed by atoms with Crippen molar-refractivity contribution >= 4 is 5.69 Å². The van der Waals surface area contributed by atoms with Crippen LogP contribution in [0.5, 0.6) is 0 Å². The molecule has 0 aliphatic heterocycles. The minimum absolute atomic E-state index is 0.179. The molecule has 86 valence electrons. The molecular formula is C11H15N3O2. The van der Waals surface area contributed by atoms with E-state index in [4.69, 9.17) is 5.73 Å². The van der Waals surface area contributed by atoms with Crippen molar-refractivity contribution in [2.75, 3.05) is 0 Å². The van der Waals surface area contributed by atoms with Gasteiger partial charge in [0.15, 0.2) is 0 Å². The van der Waals surface area contributed by atoms with Gasteiger partial charge in [0.25, 0.3) is 5.69 Å². The molecule has 0 aromatic heterocycles. The molecule has 3 N–H and O–H groups in total. The highest BCUT2D eigenvalue weighted by Crippen LogP contribution is 2.21. The van der Waals surface area contributed by atoms with Gasteiger partial charge in [-0.05, 0) is 12.8 Å². The van der Waals surface area contributed by atoms with E-state index in [2.05, 4.69) is 5.32 Å². The van der Waals surface area contributed by atoms with E-state index >= 15 is 0 Å². The molecule has 0 radical (unpaired) electrons. The maximum absolute atomic E-state index is 10.8. The van der Waals surface area contributed by atoms with Gasteiger partial charge in [-0.2, -0.15) is 0 Å². The topological polar surface area (TPSA) is 81.2 Å². The van der Waals surface area contributed by atoms with E-state index in [1.54, 1.807) is 12.1 Å². The summed E-state index contributed by atoms with van der Waals surface area (Å²) < 4.78 is 0. The van der Waals surface area contributed by atoms with Crippen LogP contribution in [-0.4, -0.2) is 17.0 Å². The van der Waals surface area contributed by atoms with Gasteiger partial charge in [-0.25, -0.2) is 0 Å². The Morgan fingerprint density at radius 3 is 2.75 bits per heavy atom. The number of benzene rings is 1. The van der Waals surface area contributed by atoms with Crippen LogP contribution in [0, 0.1) is 10.1 Å². The molecule has 0 unspecified atom stereocenters. The molecule has 16 heavy (non-hydrogen) atoms. The molecular weight excluding hydrogens is 206 g/mol. The molecule has 0 bridgehead atoms. The van der Waals surface area contributed by atoms with E-state index in [-0.39, 0.29) is 10.6 Å². The van der Waals surface area contributed by atoms with Gasteiger partial charge >= 0.3 is 0 Å². The highest BCUT2D eigenvalue weighted by molar-refractivity contribution is 5.39. The lowest BCUT2D eigenvalue weighted by atomic mass is 9.87. The summed E-state index contributed by atoms with van der Waals surface area (Å²) in [6.45, 7) is 0.536. The summed E-state index contributed by atoms with van der Waals surface area (Å²) in [5, 5.41) is 14.0. The Balaban J connectivity index is 1.95. The minimum atomic E-state index is -0.344. The number of nitrogens with zero attached hydrogens (tertiary/aromatic N) is 1. The molecule has 1 aromatic carbocycles. The molecule has 0 spiro atoms. The van der Waals surface area contributed by atoms with Crippen molar-refractivity contribution in [1.29, 1.82) is 0 Å². The molecule has 0 atom stereocenters. The zero-order valence-corrected chi connectivity index (χ0v) is 8.93. The Morgan fingerprint density at radius 2 is 2.12 bits per heavy atom. The minimum Gasteiger partial charge on any atom is -0.328 e. The van der Waals surface area contributed by atoms with E-state index in [1.165, 1.54) is 6.07 Å². The average Bonchev–Trinajstić information content (AvgIpc) is 2.23. The van der Waals surface area contributed by atoms with Crippen molar-refractivity contribution in [2.24, 2.45) is 5.73 Å². The first-order valence-corrected chi connectivity index (χ1v) is 5.38. The van der Waals surface area contributed by atoms with Crippen LogP contribution in [0.2, 0.25) is 0 Å². The second kappa shape index (κ2) is 4.59. The first-order chi connectivity index (χ1) is 7.66. The fourth-order valence-corrected chi connectivity index (χ4v) is 1.92. The number of rotatable bonds is 4. The van der Waals surface area contributed by atoms with Gasteiger partial charge in [0.2, 0.25) is 0 Å². The third-order valence-corrected chi connectivity index (χ3v) is 2.94. The number of nitro groups is 1. The number of para-hydroxylation sites is 1. The van der Waals surface area contributed by atoms with Gasteiger partial charge in [-0.3, -0.25) is 10.1 Å². The lowest BCUT2D eigenvalue weighted by Gasteiger charge is -2.33. The Labute approximate surface area is 93.8 Å². The molecule has 2 rings (SSSR count). The lowest BCUT2D eigenvalue weighted by Crippen LogP contribution is -2.48. The first-order valence-electron chi connectivity index (χ1n) is 5.38. The molecule has 1 saturated carbocycles. The van der Waals surface area contributed by atoms with Crippen LogP contribution >= 0.6 is 0 Å². The summed E-state index contributed by atoms with van der Waals surface area (Å²) in [6.07, 6.45) is 1.92. The van der Waals surface area contributed by atoms with Crippen LogP contribution < -0.4 is 11.1 Å². The summed E-state index contributed by atoms with van der Waals surface area (Å²) in [6, 6.07) is 7.52. The van der Waals surface area contributed by atoms with Crippen LogP contribution in [0.3, 0.4) is 0 Å². The molecule has 1 aliphatic rings. The number of nitrogens with one attached hydrogen (secondary N) is 1. The van der Waals surface area contributed by atoms with Gasteiger partial charge in [-0.15, -0.1) is 0 Å². The second-order valence-corrected chi connectivity index (χ2v) is 4.20. The molecule has 0 saturated heterocycles. The first kappa shape index (κ1) is 11.0. The number of nitro benzene ring substituents is 1. The third kappa shape index (κ3) is 2.37. The van der Waals surface area contributed by atoms with E-state index < -0.39 is 0 Å². The van der Waals surface area contributed by atoms with Crippen molar-refractivity contribution in [3.05, 3.63) is 39.9 Å². The standard InChI is InChI=1S/C11H15N3O2/c12-9-5-10(6-9)13-7-8-3-1-2-4-11(8)14(15)16/h1-4,9-10,13H,5-7,12H2. The average molecular weight is 221 g/mol. The van der Waals surface area contributed by atoms with E-state index in [1.807, 2.05) is 6.07 Å². The molecule has 5 heteroatoms. The van der Waals surface area contributed by atoms with Crippen LogP contribution in [0.15, 0.2) is 24.3 Å². The molecule has 1 fully saturated rings. The van der Waals surface area contributed by atoms with E-state index in [0.29, 0.717) is 18.6 Å². The van der Waals surface area contributed by atoms with Crippen LogP contribution in [-0.2, 0) is 6.54 Å². The Kier molecular flexibility index (Phi) is 3.17. The van der Waals surface area contributed by atoms with Crippen LogP contribution in [0.25, 0.3) is 0 Å². The van der Waals surface area contributed by atoms with Crippen molar-refractivity contribution in [2.45, 2.75) is 31.5 Å². The summed E-state index contributed by atoms with van der Waals surface area (Å²) in [4.78, 5) is 10.4. The molecule has 1 aliphatic carbocycles. The maximum atomic E-state index is 10.8. The normalized spacial score (nSPS) is 23.8. The zero-order chi connectivity index (χ0) is 11.5. The maximum Gasteiger partial charge on any atom is 0.273 e. The van der Waals surface area contributed by atoms with Gasteiger partial charge in [0, 0.05) is 30.3 Å². The number of nitrogens with two attached hydrogens (primary N) is 1. The van der Waals surface area contributed by atoms with Crippen LogP contribution in [0.1, 0.15) is 18.4 Å². The summed E-state index contributed by atoms with van der Waals surface area (Å²) in [5.74, 6) is 0. The molecule has 0 amide bonds. The molecule has 5 nitrogen and oxygen atoms in total. The third-order valence-electron chi connectivity index (χ3n) is 2.94. The molecule has 1 aromatic rings. The monoisotopic (exact) mass is 221 g/mol. The lowest BCUT2D eigenvalue weighted by molar-refractivity contribution is -0.385. The highest BCUT2D eigenvalue weighted by Gasteiger charge is 2.25. The fraction of sp³-hybridized carbons (Fsp3) is 0.455. The zero-order valence-electron chi connectivity index (χ0n) is 8.93. The summed E-state index contributed by atoms with van der Waals surface area (Å²) in [5.41, 5.74) is 6.58. The Hall–Kier alpha value is -1.46. The Bertz CT molecular complexity index is 389. The van der Waals surface area contributed by atoms with Crippen molar-refractivity contribution in [3.63, 3.8) is 0 Å². The Morgan fingerprint density at radius 1 is 1.44 bits per heavy atom. The van der Waals surface area contributed by atoms with E-state index in [0.717, 1.165) is 18.4 Å². The molecule has 0 heterocycles. The highest BCUT2D eigenvalue weighted by atomic mass is 16.6. The number of hydrogen-bond donors (Lipinski definition) is 2. The second-order valence-electron chi connectivity index (χ2n) is 4.20. The van der Waals surface area contributed by atoms with E-state index in [9.17, 15) is 10.1 Å². The van der Waals surface area contributed by atoms with Crippen molar-refractivity contribution in [3.8, 4) is 0 Å². The largest absolute Gasteiger partial charge is 0.328 e. The predicted octanol–water partition coefficient (Wildman–Crippen LogP) is 1.17. The van der Waals surface area contributed by atoms with Crippen LogP contribution in [0.4, 0.5) is 5.69 Å². The smallest absolute Gasteiger partial charge is 0.273 e. The SMILES string of the molecule is NC1CC(NCc2ccccc2[N+](=O)[O-])C1. The predicted molar refractivity (Wildman–Crippen MR) is 60.9 cm³/mol. The van der Waals surface area contributed by atoms with Crippen molar-refractivity contribution in [1.82, 2.24) is 5.32 Å². The van der Waals surface area contributed by atoms with Gasteiger partial charge in [-0.1, -0.05) is 18.2 Å². The van der Waals surface area contributed by atoms with Gasteiger partial charge < -0.3 is 11.1 Å². The van der Waals surface area contributed by atoms with Gasteiger partial charge in [0.05, 0.1) is 4.92 Å². The summed E-state index contributed by atoms with van der Waals surface area (Å²) >= 11 is 0. The number of hydrogen-bond acceptors (Lipinski definition) is 4.